The molecule has 1 aromatic carbocycles. The Morgan fingerprint density at radius 1 is 1.26 bits per heavy atom. The van der Waals surface area contributed by atoms with Gasteiger partial charge in [0.2, 0.25) is 0 Å². The van der Waals surface area contributed by atoms with Crippen molar-refractivity contribution >= 4 is 5.91 Å². The highest BCUT2D eigenvalue weighted by atomic mass is 19.2. The molecule has 0 saturated heterocycles. The van der Waals surface area contributed by atoms with E-state index in [1.54, 1.807) is 0 Å². The largest absolute Gasteiger partial charge is 0.346 e. The molecule has 3 rings (SSSR count). The van der Waals surface area contributed by atoms with Crippen molar-refractivity contribution in [1.29, 1.82) is 0 Å². The molecule has 0 fully saturated rings. The van der Waals surface area contributed by atoms with Crippen LogP contribution in [0.3, 0.4) is 0 Å². The minimum atomic E-state index is -0.926. The van der Waals surface area contributed by atoms with Gasteiger partial charge in [0.15, 0.2) is 17.3 Å². The highest BCUT2D eigenvalue weighted by Gasteiger charge is 2.29. The predicted molar refractivity (Wildman–Crippen MR) is 100 cm³/mol. The monoisotopic (exact) mass is 376 g/mol. The maximum atomic E-state index is 13.8. The van der Waals surface area contributed by atoms with Crippen LogP contribution in [0.4, 0.5) is 8.78 Å². The molecule has 5 nitrogen and oxygen atoms in total. The van der Waals surface area contributed by atoms with Gasteiger partial charge in [-0.2, -0.15) is 0 Å². The van der Waals surface area contributed by atoms with Crippen LogP contribution in [0.1, 0.15) is 50.3 Å². The maximum Gasteiger partial charge on any atom is 0.272 e. The molecule has 1 aromatic heterocycles. The summed E-state index contributed by atoms with van der Waals surface area (Å²) in [6, 6.07) is 4.06. The smallest absolute Gasteiger partial charge is 0.272 e. The molecule has 0 aliphatic carbocycles. The zero-order valence-corrected chi connectivity index (χ0v) is 16.4. The van der Waals surface area contributed by atoms with Gasteiger partial charge in [0, 0.05) is 30.2 Å². The van der Waals surface area contributed by atoms with Crippen LogP contribution in [0.2, 0.25) is 0 Å². The van der Waals surface area contributed by atoms with Crippen LogP contribution in [0.25, 0.3) is 11.4 Å². The van der Waals surface area contributed by atoms with Crippen molar-refractivity contribution in [3.05, 3.63) is 41.2 Å². The minimum absolute atomic E-state index is 0.261. The van der Waals surface area contributed by atoms with Crippen LogP contribution in [-0.2, 0) is 13.1 Å². The molecule has 1 aliphatic rings. The number of hydrogen-bond acceptors (Lipinski definition) is 3. The van der Waals surface area contributed by atoms with Gasteiger partial charge in [0.25, 0.3) is 5.91 Å². The molecule has 27 heavy (non-hydrogen) atoms. The molecule has 7 heteroatoms. The van der Waals surface area contributed by atoms with Gasteiger partial charge in [-0.1, -0.05) is 0 Å². The first-order valence-corrected chi connectivity index (χ1v) is 9.14. The fourth-order valence-corrected chi connectivity index (χ4v) is 3.25. The predicted octanol–water partition coefficient (Wildman–Crippen LogP) is 3.58. The summed E-state index contributed by atoms with van der Waals surface area (Å²) in [6.45, 7) is 9.07. The first-order valence-electron chi connectivity index (χ1n) is 9.14. The first-order chi connectivity index (χ1) is 12.6. The van der Waals surface area contributed by atoms with Crippen LogP contribution >= 0.6 is 0 Å². The van der Waals surface area contributed by atoms with Gasteiger partial charge >= 0.3 is 0 Å². The zero-order valence-electron chi connectivity index (χ0n) is 16.4. The van der Waals surface area contributed by atoms with Crippen LogP contribution < -0.4 is 5.32 Å². The summed E-state index contributed by atoms with van der Waals surface area (Å²) in [6.07, 6.45) is 0.872. The van der Waals surface area contributed by atoms with E-state index < -0.39 is 17.2 Å². The fraction of sp³-hybridized carbons (Fsp3) is 0.500. The Labute approximate surface area is 158 Å². The molecule has 0 saturated carbocycles. The van der Waals surface area contributed by atoms with Gasteiger partial charge < -0.3 is 9.88 Å². The summed E-state index contributed by atoms with van der Waals surface area (Å²) >= 11 is 0. The minimum Gasteiger partial charge on any atom is -0.346 e. The Balaban J connectivity index is 2.13. The second-order valence-corrected chi connectivity index (χ2v) is 8.27. The number of carbonyl (C=O) groups excluding carboxylic acids is 1. The second kappa shape index (κ2) is 7.03. The summed E-state index contributed by atoms with van der Waals surface area (Å²) in [7, 11) is 2.01. The van der Waals surface area contributed by atoms with E-state index in [1.165, 1.54) is 6.07 Å². The van der Waals surface area contributed by atoms with Gasteiger partial charge in [-0.25, -0.2) is 13.8 Å². The number of carbonyl (C=O) groups is 1. The molecule has 2 aromatic rings. The van der Waals surface area contributed by atoms with E-state index in [2.05, 4.69) is 22.1 Å². The number of benzene rings is 1. The van der Waals surface area contributed by atoms with Crippen LogP contribution in [0.15, 0.2) is 18.2 Å². The average Bonchev–Trinajstić information content (AvgIpc) is 2.85. The van der Waals surface area contributed by atoms with Crippen molar-refractivity contribution in [3.63, 3.8) is 0 Å². The van der Waals surface area contributed by atoms with E-state index in [0.717, 1.165) is 24.2 Å². The molecule has 1 atom stereocenters. The second-order valence-electron chi connectivity index (χ2n) is 8.27. The van der Waals surface area contributed by atoms with E-state index in [0.29, 0.717) is 36.2 Å². The molecule has 146 valence electrons. The van der Waals surface area contributed by atoms with Crippen molar-refractivity contribution < 1.29 is 13.6 Å². The molecule has 1 unspecified atom stereocenters. The number of nitrogens with one attached hydrogen (secondary N) is 1. The third-order valence-corrected chi connectivity index (χ3v) is 4.88. The Kier molecular flexibility index (Phi) is 5.08. The van der Waals surface area contributed by atoms with Crippen LogP contribution in [0.5, 0.6) is 0 Å². The van der Waals surface area contributed by atoms with E-state index in [-0.39, 0.29) is 5.91 Å². The summed E-state index contributed by atoms with van der Waals surface area (Å²) in [5, 5.41) is 2.95. The number of aromatic nitrogens is 2. The lowest BCUT2D eigenvalue weighted by molar-refractivity contribution is 0.0912. The van der Waals surface area contributed by atoms with Crippen LogP contribution in [0, 0.1) is 11.6 Å². The first kappa shape index (κ1) is 19.5. The topological polar surface area (TPSA) is 50.2 Å². The number of amides is 1. The molecule has 0 bridgehead atoms. The molecule has 1 amide bonds. The lowest BCUT2D eigenvalue weighted by Gasteiger charge is -2.22. The average molecular weight is 376 g/mol. The Morgan fingerprint density at radius 3 is 2.59 bits per heavy atom. The SMILES string of the molecule is CC1CCn2c(-c3ccc(F)c(F)c3)nc(C(=O)NC(C)(C)C)c2CN1C. The third kappa shape index (κ3) is 4.03. The number of halogens is 2. The summed E-state index contributed by atoms with van der Waals surface area (Å²) < 4.78 is 29.1. The van der Waals surface area contributed by atoms with Gasteiger partial charge in [0.05, 0.1) is 5.69 Å². The normalized spacial score (nSPS) is 18.1. The van der Waals surface area contributed by atoms with Crippen molar-refractivity contribution in [2.45, 2.75) is 58.8 Å². The number of fused-ring (bicyclic) bond motifs is 1. The Bertz CT molecular complexity index is 870. The molecular formula is C20H26F2N4O. The van der Waals surface area contributed by atoms with Gasteiger partial charge in [-0.3, -0.25) is 9.69 Å². The standard InChI is InChI=1S/C20H26F2N4O/c1-12-8-9-26-16(11-25(12)5)17(19(27)24-20(2,3)4)23-18(26)13-6-7-14(21)15(22)10-13/h6-7,10,12H,8-9,11H2,1-5H3,(H,24,27). The highest BCUT2D eigenvalue weighted by molar-refractivity contribution is 5.94. The van der Waals surface area contributed by atoms with Gasteiger partial charge in [0.1, 0.15) is 5.82 Å². The molecular weight excluding hydrogens is 350 g/mol. The molecule has 1 N–H and O–H groups in total. The zero-order chi connectivity index (χ0) is 19.9. The molecule has 0 radical (unpaired) electrons. The van der Waals surface area contributed by atoms with Crippen molar-refractivity contribution in [1.82, 2.24) is 19.8 Å². The Morgan fingerprint density at radius 2 is 1.96 bits per heavy atom. The van der Waals surface area contributed by atoms with Crippen molar-refractivity contribution in [3.8, 4) is 11.4 Å². The van der Waals surface area contributed by atoms with Crippen molar-refractivity contribution in [2.24, 2.45) is 0 Å². The van der Waals surface area contributed by atoms with E-state index in [1.807, 2.05) is 32.4 Å². The summed E-state index contributed by atoms with van der Waals surface area (Å²) in [5.41, 5.74) is 1.19. The maximum absolute atomic E-state index is 13.8. The van der Waals surface area contributed by atoms with E-state index in [9.17, 15) is 13.6 Å². The number of rotatable bonds is 2. The highest BCUT2D eigenvalue weighted by Crippen LogP contribution is 2.28. The summed E-state index contributed by atoms with van der Waals surface area (Å²) in [4.78, 5) is 19.6. The Hall–Kier alpha value is -2.28. The number of imidazole rings is 1. The van der Waals surface area contributed by atoms with Crippen LogP contribution in [-0.4, -0.2) is 39.0 Å². The van der Waals surface area contributed by atoms with E-state index in [4.69, 9.17) is 0 Å². The lowest BCUT2D eigenvalue weighted by atomic mass is 10.1. The quantitative estimate of drug-likeness (QED) is 0.872. The van der Waals surface area contributed by atoms with Gasteiger partial charge in [-0.15, -0.1) is 0 Å². The molecule has 2 heterocycles. The molecule has 1 aliphatic heterocycles. The third-order valence-electron chi connectivity index (χ3n) is 4.88. The lowest BCUT2D eigenvalue weighted by Crippen LogP contribution is -2.41. The number of nitrogens with zero attached hydrogens (tertiary/aromatic N) is 3. The molecule has 0 spiro atoms. The van der Waals surface area contributed by atoms with Crippen molar-refractivity contribution in [2.75, 3.05) is 7.05 Å². The fourth-order valence-electron chi connectivity index (χ4n) is 3.25. The number of hydrogen-bond donors (Lipinski definition) is 1. The summed E-state index contributed by atoms with van der Waals surface area (Å²) in [5.74, 6) is -1.60. The van der Waals surface area contributed by atoms with Gasteiger partial charge in [-0.05, 0) is 59.4 Å². The van der Waals surface area contributed by atoms with E-state index >= 15 is 0 Å².